The highest BCUT2D eigenvalue weighted by Crippen LogP contribution is 2.00. The number of ether oxygens (including phenoxy) is 3. The molecule has 21 heavy (non-hydrogen) atoms. The molecule has 0 aromatic carbocycles. The first-order valence-corrected chi connectivity index (χ1v) is 7.33. The summed E-state index contributed by atoms with van der Waals surface area (Å²) in [5, 5.41) is 0. The van der Waals surface area contributed by atoms with E-state index in [1.807, 2.05) is 0 Å². The summed E-state index contributed by atoms with van der Waals surface area (Å²) in [6.07, 6.45) is 0.117. The average Bonchev–Trinajstić information content (AvgIpc) is 2.47. The number of esters is 2. The Bertz CT molecular complexity index is 316. The molecule has 7 nitrogen and oxygen atoms in total. The van der Waals surface area contributed by atoms with E-state index >= 15 is 0 Å². The minimum Gasteiger partial charge on any atom is -0.464 e. The van der Waals surface area contributed by atoms with Gasteiger partial charge in [-0.05, 0) is 7.05 Å². The van der Waals surface area contributed by atoms with E-state index in [9.17, 15) is 9.59 Å². The van der Waals surface area contributed by atoms with Crippen LogP contribution in [-0.2, 0) is 23.8 Å². The van der Waals surface area contributed by atoms with Gasteiger partial charge in [-0.25, -0.2) is 0 Å². The molecule has 7 heteroatoms. The highest BCUT2D eigenvalue weighted by Gasteiger charge is 2.14. The Morgan fingerprint density at radius 1 is 0.905 bits per heavy atom. The number of methoxy groups -OCH3 is 1. The molecular weight excluding hydrogens is 276 g/mol. The zero-order valence-electron chi connectivity index (χ0n) is 13.0. The van der Waals surface area contributed by atoms with Crippen molar-refractivity contribution < 1.29 is 23.8 Å². The third-order valence-electron chi connectivity index (χ3n) is 3.35. The van der Waals surface area contributed by atoms with Gasteiger partial charge in [0.05, 0.1) is 19.4 Å². The van der Waals surface area contributed by atoms with Crippen molar-refractivity contribution in [3.8, 4) is 0 Å². The zero-order valence-corrected chi connectivity index (χ0v) is 13.0. The normalized spacial score (nSPS) is 16.7. The number of piperazine rings is 1. The lowest BCUT2D eigenvalue weighted by Gasteiger charge is -2.32. The molecule has 1 saturated heterocycles. The second kappa shape index (κ2) is 10.5. The summed E-state index contributed by atoms with van der Waals surface area (Å²) < 4.78 is 14.7. The Hall–Kier alpha value is -1.18. The van der Waals surface area contributed by atoms with Crippen LogP contribution in [-0.4, -0.2) is 88.4 Å². The SMILES string of the molecule is COCCOC(=O)CCC(=O)OCCN1CCN(C)CC1. The monoisotopic (exact) mass is 302 g/mol. The number of hydrogen-bond acceptors (Lipinski definition) is 7. The standard InChI is InChI=1S/C14H26N2O5/c1-15-5-7-16(8-6-15)9-10-20-13(17)3-4-14(18)21-12-11-19-2/h3-12H2,1-2H3. The molecule has 0 bridgehead atoms. The van der Waals surface area contributed by atoms with Crippen LogP contribution >= 0.6 is 0 Å². The first-order valence-electron chi connectivity index (χ1n) is 7.33. The number of carbonyl (C=O) groups excluding carboxylic acids is 2. The molecule has 1 aliphatic heterocycles. The lowest BCUT2D eigenvalue weighted by Crippen LogP contribution is -2.45. The Morgan fingerprint density at radius 3 is 2.05 bits per heavy atom. The molecule has 0 atom stereocenters. The lowest BCUT2D eigenvalue weighted by atomic mass is 10.3. The highest BCUT2D eigenvalue weighted by molar-refractivity contribution is 5.77. The molecule has 0 aliphatic carbocycles. The van der Waals surface area contributed by atoms with Crippen molar-refractivity contribution in [3.05, 3.63) is 0 Å². The van der Waals surface area contributed by atoms with Gasteiger partial charge in [-0.3, -0.25) is 14.5 Å². The second-order valence-corrected chi connectivity index (χ2v) is 5.08. The molecule has 0 aromatic heterocycles. The van der Waals surface area contributed by atoms with E-state index < -0.39 is 5.97 Å². The predicted octanol–water partition coefficient (Wildman–Crippen LogP) is -0.253. The summed E-state index contributed by atoms with van der Waals surface area (Å²) in [5.74, 6) is -0.754. The second-order valence-electron chi connectivity index (χ2n) is 5.08. The molecule has 0 spiro atoms. The average molecular weight is 302 g/mol. The van der Waals surface area contributed by atoms with Crippen LogP contribution in [0.4, 0.5) is 0 Å². The number of carbonyl (C=O) groups is 2. The van der Waals surface area contributed by atoms with Gasteiger partial charge in [-0.15, -0.1) is 0 Å². The molecule has 1 fully saturated rings. The van der Waals surface area contributed by atoms with Gasteiger partial charge in [0.25, 0.3) is 0 Å². The predicted molar refractivity (Wildman–Crippen MR) is 77.0 cm³/mol. The third kappa shape index (κ3) is 8.64. The maximum atomic E-state index is 11.5. The van der Waals surface area contributed by atoms with Crippen LogP contribution in [0.5, 0.6) is 0 Å². The summed E-state index contributed by atoms with van der Waals surface area (Å²) in [7, 11) is 3.63. The van der Waals surface area contributed by atoms with Crippen LogP contribution in [0.25, 0.3) is 0 Å². The molecule has 1 rings (SSSR count). The summed E-state index contributed by atoms with van der Waals surface area (Å²) in [6, 6.07) is 0. The van der Waals surface area contributed by atoms with Gasteiger partial charge in [0.15, 0.2) is 0 Å². The Balaban J connectivity index is 1.99. The van der Waals surface area contributed by atoms with Gasteiger partial charge >= 0.3 is 11.9 Å². The molecule has 122 valence electrons. The highest BCUT2D eigenvalue weighted by atomic mass is 16.6. The summed E-state index contributed by atoms with van der Waals surface area (Å²) in [4.78, 5) is 27.3. The molecule has 0 unspecified atom stereocenters. The fraction of sp³-hybridized carbons (Fsp3) is 0.857. The summed E-state index contributed by atoms with van der Waals surface area (Å²) in [5.41, 5.74) is 0. The Kier molecular flexibility index (Phi) is 8.96. The van der Waals surface area contributed by atoms with Crippen LogP contribution in [0.15, 0.2) is 0 Å². The van der Waals surface area contributed by atoms with Crippen molar-refractivity contribution in [2.75, 3.05) is 66.7 Å². The molecule has 1 heterocycles. The van der Waals surface area contributed by atoms with Crippen LogP contribution in [0.3, 0.4) is 0 Å². The van der Waals surface area contributed by atoms with E-state index in [-0.39, 0.29) is 25.4 Å². The van der Waals surface area contributed by atoms with E-state index in [4.69, 9.17) is 14.2 Å². The van der Waals surface area contributed by atoms with Gasteiger partial charge in [-0.1, -0.05) is 0 Å². The van der Waals surface area contributed by atoms with E-state index in [1.54, 1.807) is 0 Å². The molecular formula is C14H26N2O5. The van der Waals surface area contributed by atoms with Crippen molar-refractivity contribution >= 4 is 11.9 Å². The Morgan fingerprint density at radius 2 is 1.48 bits per heavy atom. The van der Waals surface area contributed by atoms with Gasteiger partial charge in [0.2, 0.25) is 0 Å². The molecule has 0 saturated carbocycles. The Labute approximate surface area is 126 Å². The summed E-state index contributed by atoms with van der Waals surface area (Å²) in [6.45, 7) is 5.79. The van der Waals surface area contributed by atoms with Gasteiger partial charge in [0.1, 0.15) is 13.2 Å². The van der Waals surface area contributed by atoms with Crippen molar-refractivity contribution in [1.29, 1.82) is 0 Å². The molecule has 0 aromatic rings. The number of rotatable bonds is 9. The minimum absolute atomic E-state index is 0.0526. The van der Waals surface area contributed by atoms with E-state index in [0.29, 0.717) is 13.2 Å². The lowest BCUT2D eigenvalue weighted by molar-refractivity contribution is -0.151. The molecule has 1 aliphatic rings. The third-order valence-corrected chi connectivity index (χ3v) is 3.35. The van der Waals surface area contributed by atoms with Gasteiger partial charge in [0, 0.05) is 39.8 Å². The minimum atomic E-state index is -0.400. The van der Waals surface area contributed by atoms with E-state index in [1.165, 1.54) is 7.11 Å². The van der Waals surface area contributed by atoms with Crippen molar-refractivity contribution in [3.63, 3.8) is 0 Å². The van der Waals surface area contributed by atoms with E-state index in [0.717, 1.165) is 32.7 Å². The first kappa shape index (κ1) is 17.9. The zero-order chi connectivity index (χ0) is 15.5. The van der Waals surface area contributed by atoms with Crippen LogP contribution in [0.1, 0.15) is 12.8 Å². The quantitative estimate of drug-likeness (QED) is 0.429. The van der Waals surface area contributed by atoms with Crippen LogP contribution < -0.4 is 0 Å². The number of hydrogen-bond donors (Lipinski definition) is 0. The molecule has 0 radical (unpaired) electrons. The largest absolute Gasteiger partial charge is 0.464 e. The van der Waals surface area contributed by atoms with Crippen molar-refractivity contribution in [2.24, 2.45) is 0 Å². The molecule has 0 N–H and O–H groups in total. The van der Waals surface area contributed by atoms with Gasteiger partial charge < -0.3 is 19.1 Å². The first-order chi connectivity index (χ1) is 10.1. The van der Waals surface area contributed by atoms with Crippen molar-refractivity contribution in [2.45, 2.75) is 12.8 Å². The fourth-order valence-corrected chi connectivity index (χ4v) is 1.95. The topological polar surface area (TPSA) is 68.3 Å². The smallest absolute Gasteiger partial charge is 0.306 e. The number of nitrogens with zero attached hydrogens (tertiary/aromatic N) is 2. The van der Waals surface area contributed by atoms with Crippen LogP contribution in [0, 0.1) is 0 Å². The van der Waals surface area contributed by atoms with Crippen LogP contribution in [0.2, 0.25) is 0 Å². The maximum absolute atomic E-state index is 11.5. The fourth-order valence-electron chi connectivity index (χ4n) is 1.95. The summed E-state index contributed by atoms with van der Waals surface area (Å²) >= 11 is 0. The van der Waals surface area contributed by atoms with Gasteiger partial charge in [-0.2, -0.15) is 0 Å². The molecule has 0 amide bonds. The maximum Gasteiger partial charge on any atom is 0.306 e. The van der Waals surface area contributed by atoms with Crippen molar-refractivity contribution in [1.82, 2.24) is 9.80 Å². The van der Waals surface area contributed by atoms with E-state index in [2.05, 4.69) is 16.8 Å². The number of likely N-dealkylation sites (N-methyl/N-ethyl adjacent to an activating group) is 1.